The smallest absolute Gasteiger partial charge is 0.257 e. The molecule has 0 aliphatic carbocycles. The maximum Gasteiger partial charge on any atom is 0.257 e. The molecular formula is C10H12BrN3O. The van der Waals surface area contributed by atoms with Gasteiger partial charge in [-0.25, -0.2) is 0 Å². The van der Waals surface area contributed by atoms with Crippen LogP contribution in [-0.2, 0) is 0 Å². The second kappa shape index (κ2) is 4.20. The maximum absolute atomic E-state index is 11.9. The molecule has 0 radical (unpaired) electrons. The van der Waals surface area contributed by atoms with Gasteiger partial charge in [0.1, 0.15) is 0 Å². The molecule has 1 amide bonds. The molecule has 0 spiro atoms. The molecule has 0 bridgehead atoms. The lowest BCUT2D eigenvalue weighted by atomic mass is 10.1. The van der Waals surface area contributed by atoms with E-state index in [4.69, 9.17) is 5.73 Å². The van der Waals surface area contributed by atoms with E-state index in [1.807, 2.05) is 18.2 Å². The Morgan fingerprint density at radius 1 is 1.53 bits per heavy atom. The summed E-state index contributed by atoms with van der Waals surface area (Å²) in [5.74, 6) is 0.0432. The summed E-state index contributed by atoms with van der Waals surface area (Å²) in [6.07, 6.45) is 0. The maximum atomic E-state index is 11.9. The zero-order chi connectivity index (χ0) is 10.8. The summed E-state index contributed by atoms with van der Waals surface area (Å²) in [6, 6.07) is 5.59. The number of carbonyl (C=O) groups is 1. The molecule has 1 aromatic carbocycles. The molecule has 5 heteroatoms. The summed E-state index contributed by atoms with van der Waals surface area (Å²) in [7, 11) is 0. The number of anilines is 1. The Hall–Kier alpha value is -1.07. The van der Waals surface area contributed by atoms with Crippen molar-refractivity contribution in [1.82, 2.24) is 4.90 Å². The Bertz CT molecular complexity index is 394. The van der Waals surface area contributed by atoms with Crippen LogP contribution in [0.25, 0.3) is 0 Å². The number of nitrogens with zero attached hydrogens (tertiary/aromatic N) is 1. The normalized spacial score (nSPS) is 14.8. The molecule has 2 rings (SSSR count). The molecular weight excluding hydrogens is 258 g/mol. The summed E-state index contributed by atoms with van der Waals surface area (Å²) in [5.41, 5.74) is 7.02. The van der Waals surface area contributed by atoms with E-state index in [1.165, 1.54) is 0 Å². The van der Waals surface area contributed by atoms with Crippen molar-refractivity contribution in [2.75, 3.05) is 25.1 Å². The van der Waals surface area contributed by atoms with Gasteiger partial charge in [0.05, 0.1) is 12.2 Å². The largest absolute Gasteiger partial charge is 0.367 e. The predicted molar refractivity (Wildman–Crippen MR) is 62.7 cm³/mol. The van der Waals surface area contributed by atoms with Crippen molar-refractivity contribution in [3.8, 4) is 0 Å². The molecule has 80 valence electrons. The zero-order valence-corrected chi connectivity index (χ0v) is 9.75. The minimum atomic E-state index is 0.0432. The van der Waals surface area contributed by atoms with Crippen molar-refractivity contribution in [3.05, 3.63) is 28.2 Å². The van der Waals surface area contributed by atoms with E-state index in [0.717, 1.165) is 10.2 Å². The van der Waals surface area contributed by atoms with Crippen LogP contribution in [0.5, 0.6) is 0 Å². The van der Waals surface area contributed by atoms with Crippen molar-refractivity contribution in [2.45, 2.75) is 0 Å². The fourth-order valence-corrected chi connectivity index (χ4v) is 1.97. The molecule has 0 aromatic heterocycles. The van der Waals surface area contributed by atoms with E-state index >= 15 is 0 Å². The van der Waals surface area contributed by atoms with Gasteiger partial charge in [0.15, 0.2) is 0 Å². The number of hydrogen-bond donors (Lipinski definition) is 2. The fraction of sp³-hybridized carbons (Fsp3) is 0.300. The van der Waals surface area contributed by atoms with Gasteiger partial charge >= 0.3 is 0 Å². The quantitative estimate of drug-likeness (QED) is 0.849. The molecule has 1 aliphatic heterocycles. The Morgan fingerprint density at radius 2 is 2.33 bits per heavy atom. The number of benzene rings is 1. The number of hydrogen-bond acceptors (Lipinski definition) is 3. The van der Waals surface area contributed by atoms with Crippen LogP contribution in [0.1, 0.15) is 10.4 Å². The summed E-state index contributed by atoms with van der Waals surface area (Å²) < 4.78 is 0.967. The van der Waals surface area contributed by atoms with Crippen LogP contribution in [0.4, 0.5) is 5.69 Å². The lowest BCUT2D eigenvalue weighted by Crippen LogP contribution is -2.42. The SMILES string of the molecule is NCCN1CNc2cc(Br)ccc2C1=O. The van der Waals surface area contributed by atoms with Crippen LogP contribution < -0.4 is 11.1 Å². The molecule has 0 unspecified atom stereocenters. The van der Waals surface area contributed by atoms with Crippen LogP contribution in [0, 0.1) is 0 Å². The fourth-order valence-electron chi connectivity index (χ4n) is 1.61. The highest BCUT2D eigenvalue weighted by Gasteiger charge is 2.22. The van der Waals surface area contributed by atoms with Gasteiger partial charge in [-0.2, -0.15) is 0 Å². The lowest BCUT2D eigenvalue weighted by Gasteiger charge is -2.29. The Labute approximate surface area is 96.6 Å². The predicted octanol–water partition coefficient (Wildman–Crippen LogP) is 1.23. The molecule has 0 saturated carbocycles. The van der Waals surface area contributed by atoms with Gasteiger partial charge in [0, 0.05) is 23.2 Å². The molecule has 0 atom stereocenters. The van der Waals surface area contributed by atoms with Crippen LogP contribution in [0.3, 0.4) is 0 Å². The minimum absolute atomic E-state index is 0.0432. The van der Waals surface area contributed by atoms with Crippen molar-refractivity contribution >= 4 is 27.5 Å². The van der Waals surface area contributed by atoms with Crippen LogP contribution in [0.2, 0.25) is 0 Å². The molecule has 1 aliphatic rings. The summed E-state index contributed by atoms with van der Waals surface area (Å²) in [6.45, 7) is 1.60. The highest BCUT2D eigenvalue weighted by molar-refractivity contribution is 9.10. The summed E-state index contributed by atoms with van der Waals surface area (Å²) in [5, 5.41) is 3.19. The number of carbonyl (C=O) groups excluding carboxylic acids is 1. The molecule has 4 nitrogen and oxygen atoms in total. The molecule has 0 saturated heterocycles. The van der Waals surface area contributed by atoms with Crippen molar-refractivity contribution in [2.24, 2.45) is 5.73 Å². The highest BCUT2D eigenvalue weighted by atomic mass is 79.9. The third-order valence-corrected chi connectivity index (χ3v) is 2.85. The van der Waals surface area contributed by atoms with Gasteiger partial charge in [-0.05, 0) is 18.2 Å². The first-order valence-corrected chi connectivity index (χ1v) is 5.54. The van der Waals surface area contributed by atoms with E-state index < -0.39 is 0 Å². The van der Waals surface area contributed by atoms with Crippen molar-refractivity contribution < 1.29 is 4.79 Å². The number of rotatable bonds is 2. The molecule has 0 fully saturated rings. The van der Waals surface area contributed by atoms with Gasteiger partial charge in [-0.15, -0.1) is 0 Å². The third kappa shape index (κ3) is 1.98. The van der Waals surface area contributed by atoms with Crippen LogP contribution in [0.15, 0.2) is 22.7 Å². The van der Waals surface area contributed by atoms with E-state index in [0.29, 0.717) is 25.3 Å². The van der Waals surface area contributed by atoms with E-state index in [1.54, 1.807) is 4.90 Å². The second-order valence-corrected chi connectivity index (χ2v) is 4.30. The van der Waals surface area contributed by atoms with Crippen LogP contribution >= 0.6 is 15.9 Å². The van der Waals surface area contributed by atoms with E-state index in [-0.39, 0.29) is 5.91 Å². The Morgan fingerprint density at radius 3 is 3.07 bits per heavy atom. The van der Waals surface area contributed by atoms with Crippen molar-refractivity contribution in [1.29, 1.82) is 0 Å². The first kappa shape index (κ1) is 10.4. The topological polar surface area (TPSA) is 58.4 Å². The number of nitrogens with two attached hydrogens (primary N) is 1. The van der Waals surface area contributed by atoms with E-state index in [9.17, 15) is 4.79 Å². The van der Waals surface area contributed by atoms with Gasteiger partial charge < -0.3 is 16.0 Å². The standard InChI is InChI=1S/C10H12BrN3O/c11-7-1-2-8-9(5-7)13-6-14(4-3-12)10(8)15/h1-2,5,13H,3-4,6,12H2. The Kier molecular flexibility index (Phi) is 2.93. The monoisotopic (exact) mass is 269 g/mol. The summed E-state index contributed by atoms with van der Waals surface area (Å²) in [4.78, 5) is 13.6. The molecule has 3 N–H and O–H groups in total. The molecule has 1 heterocycles. The number of halogens is 1. The van der Waals surface area contributed by atoms with Crippen molar-refractivity contribution in [3.63, 3.8) is 0 Å². The van der Waals surface area contributed by atoms with Gasteiger partial charge in [-0.1, -0.05) is 15.9 Å². The molecule has 1 aromatic rings. The van der Waals surface area contributed by atoms with E-state index in [2.05, 4.69) is 21.2 Å². The first-order chi connectivity index (χ1) is 7.22. The lowest BCUT2D eigenvalue weighted by molar-refractivity contribution is 0.0763. The highest BCUT2D eigenvalue weighted by Crippen LogP contribution is 2.25. The number of amides is 1. The number of fused-ring (bicyclic) bond motifs is 1. The minimum Gasteiger partial charge on any atom is -0.367 e. The van der Waals surface area contributed by atoms with Gasteiger partial charge in [-0.3, -0.25) is 4.79 Å². The number of nitrogens with one attached hydrogen (secondary N) is 1. The second-order valence-electron chi connectivity index (χ2n) is 3.38. The molecule has 15 heavy (non-hydrogen) atoms. The zero-order valence-electron chi connectivity index (χ0n) is 8.16. The van der Waals surface area contributed by atoms with Crippen LogP contribution in [-0.4, -0.2) is 30.6 Å². The van der Waals surface area contributed by atoms with Gasteiger partial charge in [0.2, 0.25) is 0 Å². The summed E-state index contributed by atoms with van der Waals surface area (Å²) >= 11 is 3.37. The average molecular weight is 270 g/mol. The average Bonchev–Trinajstić information content (AvgIpc) is 2.22. The third-order valence-electron chi connectivity index (χ3n) is 2.36. The first-order valence-electron chi connectivity index (χ1n) is 4.75. The van der Waals surface area contributed by atoms with Gasteiger partial charge in [0.25, 0.3) is 5.91 Å². The Balaban J connectivity index is 2.30.